The van der Waals surface area contributed by atoms with Gasteiger partial charge in [-0.1, -0.05) is 12.1 Å². The SMILES string of the molecule is Cn1cc(-c2ccc3cnc(NC(=O)C4CCN(CCC(F)(F)F)C4)cc3c2)cn1. The van der Waals surface area contributed by atoms with E-state index in [0.717, 1.165) is 21.9 Å². The maximum Gasteiger partial charge on any atom is 0.390 e. The van der Waals surface area contributed by atoms with Gasteiger partial charge in [0.1, 0.15) is 5.82 Å². The van der Waals surface area contributed by atoms with Crippen LogP contribution in [0.25, 0.3) is 21.9 Å². The Bertz CT molecular complexity index is 1060. The molecule has 1 aromatic carbocycles. The van der Waals surface area contributed by atoms with Crippen molar-refractivity contribution in [2.75, 3.05) is 25.0 Å². The van der Waals surface area contributed by atoms with Crippen molar-refractivity contribution in [3.8, 4) is 11.1 Å². The summed E-state index contributed by atoms with van der Waals surface area (Å²) in [6.45, 7) is 0.757. The molecular weight excluding hydrogens is 395 g/mol. The zero-order chi connectivity index (χ0) is 21.3. The van der Waals surface area contributed by atoms with Gasteiger partial charge < -0.3 is 10.2 Å². The topological polar surface area (TPSA) is 63.1 Å². The highest BCUT2D eigenvalue weighted by Crippen LogP contribution is 2.26. The molecule has 0 spiro atoms. The first-order valence-corrected chi connectivity index (χ1v) is 9.76. The van der Waals surface area contributed by atoms with Gasteiger partial charge in [-0.3, -0.25) is 9.48 Å². The minimum absolute atomic E-state index is 0.0708. The zero-order valence-electron chi connectivity index (χ0n) is 16.5. The Balaban J connectivity index is 1.43. The summed E-state index contributed by atoms with van der Waals surface area (Å²) in [5.74, 6) is -0.109. The summed E-state index contributed by atoms with van der Waals surface area (Å²) in [5.41, 5.74) is 2.00. The first kappa shape index (κ1) is 20.3. The molecule has 30 heavy (non-hydrogen) atoms. The van der Waals surface area contributed by atoms with Crippen molar-refractivity contribution in [2.45, 2.75) is 19.0 Å². The van der Waals surface area contributed by atoms with E-state index >= 15 is 0 Å². The van der Waals surface area contributed by atoms with Crippen molar-refractivity contribution in [1.29, 1.82) is 0 Å². The van der Waals surface area contributed by atoms with Crippen LogP contribution in [0.1, 0.15) is 12.8 Å². The van der Waals surface area contributed by atoms with Gasteiger partial charge in [0.15, 0.2) is 0 Å². The standard InChI is InChI=1S/C21H22F3N5O/c1-28-12-18(11-26-28)14-2-3-15-10-25-19(9-17(15)8-14)27-20(30)16-4-6-29(13-16)7-5-21(22,23)24/h2-3,8-12,16H,4-7,13H2,1H3,(H,25,27,30). The lowest BCUT2D eigenvalue weighted by molar-refractivity contribution is -0.137. The van der Waals surface area contributed by atoms with Gasteiger partial charge in [-0.2, -0.15) is 18.3 Å². The normalized spacial score (nSPS) is 17.5. The van der Waals surface area contributed by atoms with Gasteiger partial charge in [0.25, 0.3) is 0 Å². The van der Waals surface area contributed by atoms with Gasteiger partial charge in [-0.25, -0.2) is 4.98 Å². The number of nitrogens with one attached hydrogen (secondary N) is 1. The molecule has 1 unspecified atom stereocenters. The Kier molecular flexibility index (Phi) is 5.46. The fourth-order valence-corrected chi connectivity index (χ4v) is 3.72. The molecule has 1 N–H and O–H groups in total. The Morgan fingerprint density at radius 3 is 2.77 bits per heavy atom. The number of nitrogens with zero attached hydrogens (tertiary/aromatic N) is 4. The highest BCUT2D eigenvalue weighted by Gasteiger charge is 2.32. The van der Waals surface area contributed by atoms with Gasteiger partial charge in [-0.05, 0) is 36.0 Å². The van der Waals surface area contributed by atoms with Crippen molar-refractivity contribution in [2.24, 2.45) is 13.0 Å². The molecule has 0 aliphatic carbocycles. The second-order valence-corrected chi connectivity index (χ2v) is 7.67. The van der Waals surface area contributed by atoms with Crippen molar-refractivity contribution < 1.29 is 18.0 Å². The quantitative estimate of drug-likeness (QED) is 0.685. The number of aryl methyl sites for hydroxylation is 1. The fourth-order valence-electron chi connectivity index (χ4n) is 3.72. The second kappa shape index (κ2) is 8.06. The molecule has 4 rings (SSSR count). The number of carbonyl (C=O) groups excluding carboxylic acids is 1. The van der Waals surface area contributed by atoms with Crippen LogP contribution in [-0.2, 0) is 11.8 Å². The molecule has 0 bridgehead atoms. The molecule has 9 heteroatoms. The molecular formula is C21H22F3N5O. The van der Waals surface area contributed by atoms with Crippen LogP contribution in [0.5, 0.6) is 0 Å². The van der Waals surface area contributed by atoms with Gasteiger partial charge in [0, 0.05) is 43.5 Å². The lowest BCUT2D eigenvalue weighted by atomic mass is 10.0. The van der Waals surface area contributed by atoms with Crippen LogP contribution in [-0.4, -0.2) is 51.4 Å². The Morgan fingerprint density at radius 2 is 2.03 bits per heavy atom. The number of hydrogen-bond donors (Lipinski definition) is 1. The first-order valence-electron chi connectivity index (χ1n) is 9.76. The van der Waals surface area contributed by atoms with E-state index in [1.54, 1.807) is 22.0 Å². The van der Waals surface area contributed by atoms with Crippen molar-refractivity contribution in [3.05, 3.63) is 42.9 Å². The van der Waals surface area contributed by atoms with Crippen LogP contribution < -0.4 is 5.32 Å². The number of likely N-dealkylation sites (tertiary alicyclic amines) is 1. The lowest BCUT2D eigenvalue weighted by Crippen LogP contribution is -2.29. The molecule has 1 fully saturated rings. The van der Waals surface area contributed by atoms with Crippen LogP contribution in [0, 0.1) is 5.92 Å². The van der Waals surface area contributed by atoms with E-state index < -0.39 is 12.6 Å². The van der Waals surface area contributed by atoms with Crippen molar-refractivity contribution >= 4 is 22.5 Å². The average molecular weight is 417 g/mol. The Hall–Kier alpha value is -2.94. The molecule has 0 radical (unpaired) electrons. The number of rotatable bonds is 5. The van der Waals surface area contributed by atoms with Gasteiger partial charge in [0.05, 0.1) is 18.5 Å². The minimum atomic E-state index is -4.18. The third-order valence-corrected chi connectivity index (χ3v) is 5.37. The molecule has 6 nitrogen and oxygen atoms in total. The number of benzene rings is 1. The zero-order valence-corrected chi connectivity index (χ0v) is 16.5. The van der Waals surface area contributed by atoms with Crippen LogP contribution in [0.4, 0.5) is 19.0 Å². The third-order valence-electron chi connectivity index (χ3n) is 5.37. The predicted octanol–water partition coefficient (Wildman–Crippen LogP) is 3.85. The summed E-state index contributed by atoms with van der Waals surface area (Å²) in [7, 11) is 1.86. The summed E-state index contributed by atoms with van der Waals surface area (Å²) in [6, 6.07) is 7.78. The highest BCUT2D eigenvalue weighted by atomic mass is 19.4. The molecule has 2 aromatic heterocycles. The van der Waals surface area contributed by atoms with Crippen LogP contribution in [0.3, 0.4) is 0 Å². The van der Waals surface area contributed by atoms with Crippen LogP contribution >= 0.6 is 0 Å². The molecule has 158 valence electrons. The van der Waals surface area contributed by atoms with Crippen molar-refractivity contribution in [3.63, 3.8) is 0 Å². The number of halogens is 3. The maximum absolute atomic E-state index is 12.6. The summed E-state index contributed by atoms with van der Waals surface area (Å²) in [6.07, 6.45) is 0.924. The number of alkyl halides is 3. The molecule has 1 amide bonds. The predicted molar refractivity (Wildman–Crippen MR) is 108 cm³/mol. The van der Waals surface area contributed by atoms with Crippen LogP contribution in [0.2, 0.25) is 0 Å². The molecule has 1 atom stereocenters. The second-order valence-electron chi connectivity index (χ2n) is 7.67. The average Bonchev–Trinajstić information content (AvgIpc) is 3.34. The fraction of sp³-hybridized carbons (Fsp3) is 0.381. The summed E-state index contributed by atoms with van der Waals surface area (Å²) < 4.78 is 38.9. The van der Waals surface area contributed by atoms with Crippen LogP contribution in [0.15, 0.2) is 42.9 Å². The van der Waals surface area contributed by atoms with E-state index in [4.69, 9.17) is 0 Å². The number of anilines is 1. The van der Waals surface area contributed by atoms with Gasteiger partial charge in [-0.15, -0.1) is 0 Å². The smallest absolute Gasteiger partial charge is 0.310 e. The molecule has 1 saturated heterocycles. The largest absolute Gasteiger partial charge is 0.390 e. The Labute approximate surface area is 171 Å². The number of amides is 1. The molecule has 1 aliphatic rings. The van der Waals surface area contributed by atoms with E-state index in [1.807, 2.05) is 37.5 Å². The Morgan fingerprint density at radius 1 is 1.20 bits per heavy atom. The van der Waals surface area contributed by atoms with Gasteiger partial charge in [0.2, 0.25) is 5.91 Å². The van der Waals surface area contributed by atoms with Crippen molar-refractivity contribution in [1.82, 2.24) is 19.7 Å². The van der Waals surface area contributed by atoms with E-state index in [0.29, 0.717) is 25.3 Å². The van der Waals surface area contributed by atoms with E-state index in [2.05, 4.69) is 15.4 Å². The molecule has 3 heterocycles. The van der Waals surface area contributed by atoms with E-state index in [-0.39, 0.29) is 18.4 Å². The number of fused-ring (bicyclic) bond motifs is 1. The monoisotopic (exact) mass is 417 g/mol. The number of hydrogen-bond acceptors (Lipinski definition) is 4. The summed E-state index contributed by atoms with van der Waals surface area (Å²) >= 11 is 0. The number of pyridine rings is 1. The summed E-state index contributed by atoms with van der Waals surface area (Å²) in [5, 5.41) is 8.88. The molecule has 3 aromatic rings. The number of aromatic nitrogens is 3. The first-order chi connectivity index (χ1) is 14.3. The summed E-state index contributed by atoms with van der Waals surface area (Å²) in [4.78, 5) is 18.6. The lowest BCUT2D eigenvalue weighted by Gasteiger charge is -2.16. The minimum Gasteiger partial charge on any atom is -0.310 e. The van der Waals surface area contributed by atoms with Gasteiger partial charge >= 0.3 is 6.18 Å². The molecule has 0 saturated carbocycles. The maximum atomic E-state index is 12.6. The number of carbonyl (C=O) groups is 1. The third kappa shape index (κ3) is 4.79. The molecule has 1 aliphatic heterocycles. The van der Waals surface area contributed by atoms with E-state index in [9.17, 15) is 18.0 Å². The van der Waals surface area contributed by atoms with E-state index in [1.165, 1.54) is 0 Å². The highest BCUT2D eigenvalue weighted by molar-refractivity contribution is 5.95.